The number of nitro groups is 1. The number of rotatable bonds is 13. The van der Waals surface area contributed by atoms with Gasteiger partial charge in [-0.2, -0.15) is 0 Å². The minimum absolute atomic E-state index is 0.0200. The van der Waals surface area contributed by atoms with Gasteiger partial charge in [0.2, 0.25) is 18.4 Å². The number of piperazine rings is 4. The van der Waals surface area contributed by atoms with Gasteiger partial charge >= 0.3 is 11.9 Å². The molecule has 472 valence electrons. The molecule has 4 spiro atoms. The normalized spacial score (nSPS) is 22.0. The van der Waals surface area contributed by atoms with Crippen molar-refractivity contribution in [3.8, 4) is 0 Å². The molecule has 27 heteroatoms. The summed E-state index contributed by atoms with van der Waals surface area (Å²) in [6, 6.07) is 31.5. The smallest absolute Gasteiger partial charge is 0.319 e. The molecule has 13 rings (SSSR count). The first-order valence-corrected chi connectivity index (χ1v) is 29.4. The number of nitrogens with one attached hydrogen (secondary N) is 6. The molecule has 8 N–H and O–H groups in total. The summed E-state index contributed by atoms with van der Waals surface area (Å²) >= 11 is 5.28. The van der Waals surface area contributed by atoms with Gasteiger partial charge in [0.1, 0.15) is 18.8 Å². The molecule has 26 nitrogen and oxygen atoms in total. The van der Waals surface area contributed by atoms with Crippen LogP contribution in [0.15, 0.2) is 91.0 Å². The number of amides is 2. The van der Waals surface area contributed by atoms with Crippen molar-refractivity contribution in [2.45, 2.75) is 54.3 Å². The zero-order valence-electron chi connectivity index (χ0n) is 49.4. The summed E-state index contributed by atoms with van der Waals surface area (Å²) in [4.78, 5) is 70.9. The molecule has 10 fully saturated rings. The van der Waals surface area contributed by atoms with Crippen LogP contribution in [-0.4, -0.2) is 253 Å². The number of carbonyl (C=O) groups is 5. The summed E-state index contributed by atoms with van der Waals surface area (Å²) in [6.45, 7) is 19.5. The largest absolute Gasteiger partial charge is 0.468 e. The first-order valence-electron chi connectivity index (χ1n) is 29.0. The van der Waals surface area contributed by atoms with Crippen molar-refractivity contribution in [2.24, 2.45) is 5.73 Å². The number of Topliss-reactive ketones (excluding diaryl/α,β-unsaturated/α-hetero) is 1. The number of ketones is 1. The zero-order valence-corrected chi connectivity index (χ0v) is 50.2. The minimum Gasteiger partial charge on any atom is -0.468 e. The highest BCUT2D eigenvalue weighted by Crippen LogP contribution is 2.31. The van der Waals surface area contributed by atoms with E-state index in [1.54, 1.807) is 6.92 Å². The average molecular weight is 1220 g/mol. The van der Waals surface area contributed by atoms with E-state index in [-0.39, 0.29) is 78.6 Å². The van der Waals surface area contributed by atoms with Crippen LogP contribution in [0.4, 0.5) is 0 Å². The molecule has 2 amide bonds. The third kappa shape index (κ3) is 20.0. The van der Waals surface area contributed by atoms with Crippen molar-refractivity contribution < 1.29 is 66.8 Å². The predicted octanol–water partition coefficient (Wildman–Crippen LogP) is -1.20. The second-order valence-corrected chi connectivity index (χ2v) is 23.1. The van der Waals surface area contributed by atoms with Crippen molar-refractivity contribution in [3.63, 3.8) is 0 Å². The quantitative estimate of drug-likeness (QED) is 0.0458. The van der Waals surface area contributed by atoms with Gasteiger partial charge in [0.25, 0.3) is 0 Å². The fraction of sp³-hybridized carbons (Fsp3) is 0.593. The molecule has 0 saturated carbocycles. The van der Waals surface area contributed by atoms with Crippen molar-refractivity contribution in [1.29, 1.82) is 0 Å². The summed E-state index contributed by atoms with van der Waals surface area (Å²) in [6.07, 6.45) is 0. The topological polar surface area (TPSA) is 310 Å². The molecule has 10 heterocycles. The number of nitrogens with zero attached hydrogens (tertiary/aromatic N) is 4. The number of hydrogen-bond donors (Lipinski definition) is 7. The summed E-state index contributed by atoms with van der Waals surface area (Å²) < 4.78 is 39.4. The molecule has 0 unspecified atom stereocenters. The van der Waals surface area contributed by atoms with E-state index >= 15 is 0 Å². The van der Waals surface area contributed by atoms with Crippen molar-refractivity contribution >= 4 is 46.7 Å². The second-order valence-electron chi connectivity index (χ2n) is 22.6. The molecule has 10 aliphatic rings. The molecular weight excluding hydrogens is 1130 g/mol. The molecule has 0 aliphatic carbocycles. The SMILES string of the molecule is CCOC(=O)CN.COC(=O)CNC1(C[N+](=O)[O-])COC1.O=C1CN(Cc2ccccc2)C2(CN1)COC2.O=C1CNC2(CN1)COC2.O=C1COC1.S=C1CN(Cc2ccccc2)C2(CN1)COC2.c1ccc(CN2CCNCC23COC3)cc1. The van der Waals surface area contributed by atoms with Crippen LogP contribution in [0.1, 0.15) is 23.6 Å². The van der Waals surface area contributed by atoms with Gasteiger partial charge < -0.3 is 64.9 Å². The van der Waals surface area contributed by atoms with Gasteiger partial charge in [-0.15, -0.1) is 0 Å². The summed E-state index contributed by atoms with van der Waals surface area (Å²) in [5.41, 5.74) is 8.71. The Morgan fingerprint density at radius 2 is 1.13 bits per heavy atom. The fourth-order valence-electron chi connectivity index (χ4n) is 10.2. The maximum absolute atomic E-state index is 11.5. The minimum atomic E-state index is -0.697. The van der Waals surface area contributed by atoms with Gasteiger partial charge in [-0.25, -0.2) is 0 Å². The third-order valence-electron chi connectivity index (χ3n) is 15.8. The molecule has 10 aliphatic heterocycles. The number of carbonyl (C=O) groups excluding carboxylic acids is 5. The highest BCUT2D eigenvalue weighted by molar-refractivity contribution is 7.80. The van der Waals surface area contributed by atoms with Crippen LogP contribution >= 0.6 is 12.2 Å². The van der Waals surface area contributed by atoms with Crippen LogP contribution < -0.4 is 37.6 Å². The van der Waals surface area contributed by atoms with Crippen molar-refractivity contribution in [3.05, 3.63) is 118 Å². The van der Waals surface area contributed by atoms with E-state index in [0.717, 1.165) is 110 Å². The maximum atomic E-state index is 11.5. The van der Waals surface area contributed by atoms with Crippen LogP contribution in [0, 0.1) is 10.1 Å². The standard InChI is InChI=1S/C13H16N2O2.C13H16N2OS.C13H18N2O.C7H12N2O5.C6H10N2O2.C4H9NO2.C3H4O2/c16-12-7-15(6-11-4-2-1-3-5-11)13(8-14-12)9-17-10-13;17-12-7-15(6-11-4-2-1-3-5-11)13(8-14-12)9-16-10-13;1-2-4-12(5-3-1)8-15-7-6-14-9-13(15)10-16-11-13;1-13-6(10)2-8-7(3-9(11)12)4-14-5-7;9-5-1-8-6(2-7-5)3-10-4-6;1-2-7-4(6)3-5;4-3-1-5-2-3/h1-5H,6-10H2,(H,14,16);1-5H,6-10H2,(H,14,17);1-5,14H,6-11H2;8H,2-5H2,1H3;8H,1-4H2,(H,7,9);2-3,5H2,1H3;1-2H2. The molecule has 3 aromatic rings. The first kappa shape index (κ1) is 67.5. The van der Waals surface area contributed by atoms with E-state index in [0.29, 0.717) is 46.0 Å². The molecule has 0 radical (unpaired) electrons. The van der Waals surface area contributed by atoms with Crippen LogP contribution in [-0.2, 0) is 81.5 Å². The Bertz CT molecular complexity index is 2550. The number of benzene rings is 3. The maximum Gasteiger partial charge on any atom is 0.319 e. The number of hydrogen-bond acceptors (Lipinski definition) is 23. The van der Waals surface area contributed by atoms with Gasteiger partial charge in [0.05, 0.1) is 133 Å². The van der Waals surface area contributed by atoms with Crippen LogP contribution in [0.25, 0.3) is 0 Å². The highest BCUT2D eigenvalue weighted by Gasteiger charge is 2.49. The lowest BCUT2D eigenvalue weighted by Gasteiger charge is -2.52. The Morgan fingerprint density at radius 3 is 1.51 bits per heavy atom. The first-order chi connectivity index (χ1) is 41.5. The summed E-state index contributed by atoms with van der Waals surface area (Å²) in [7, 11) is 1.27. The molecule has 86 heavy (non-hydrogen) atoms. The van der Waals surface area contributed by atoms with Gasteiger partial charge in [0.15, 0.2) is 5.78 Å². The fourth-order valence-corrected chi connectivity index (χ4v) is 10.4. The van der Waals surface area contributed by atoms with Crippen LogP contribution in [0.3, 0.4) is 0 Å². The highest BCUT2D eigenvalue weighted by atomic mass is 32.1. The average Bonchev–Trinajstić information content (AvgIpc) is 1.67. The Balaban J connectivity index is 0.000000148. The molecule has 10 saturated heterocycles. The monoisotopic (exact) mass is 1220 g/mol. The predicted molar refractivity (Wildman–Crippen MR) is 319 cm³/mol. The van der Waals surface area contributed by atoms with Gasteiger partial charge in [-0.3, -0.25) is 59.4 Å². The zero-order chi connectivity index (χ0) is 61.3. The number of thiocarbonyl (C=S) groups is 1. The molecule has 3 aromatic carbocycles. The Morgan fingerprint density at radius 1 is 0.651 bits per heavy atom. The van der Waals surface area contributed by atoms with Crippen molar-refractivity contribution in [1.82, 2.24) is 46.6 Å². The summed E-state index contributed by atoms with van der Waals surface area (Å²) in [5.74, 6) is -0.386. The molecule has 0 bridgehead atoms. The van der Waals surface area contributed by atoms with Crippen LogP contribution in [0.2, 0.25) is 0 Å². The van der Waals surface area contributed by atoms with E-state index in [9.17, 15) is 34.1 Å². The number of esters is 2. The lowest BCUT2D eigenvalue weighted by molar-refractivity contribution is -0.498. The molecule has 0 aromatic heterocycles. The molecule has 0 atom stereocenters. The third-order valence-corrected chi connectivity index (χ3v) is 16.1. The lowest BCUT2D eigenvalue weighted by atomic mass is 9.92. The van der Waals surface area contributed by atoms with Gasteiger partial charge in [0, 0.05) is 70.4 Å². The Labute approximate surface area is 507 Å². The number of ether oxygens (including phenoxy) is 8. The second kappa shape index (κ2) is 33.4. The van der Waals surface area contributed by atoms with E-state index in [2.05, 4.69) is 128 Å². The summed E-state index contributed by atoms with van der Waals surface area (Å²) in [5, 5.41) is 28.7. The van der Waals surface area contributed by atoms with E-state index in [1.165, 1.54) is 23.8 Å². The lowest BCUT2D eigenvalue weighted by Crippen LogP contribution is -2.71. The van der Waals surface area contributed by atoms with Crippen molar-refractivity contribution in [2.75, 3.05) is 172 Å². The Hall–Kier alpha value is -6.02. The van der Waals surface area contributed by atoms with Gasteiger partial charge in [-0.1, -0.05) is 103 Å². The number of nitrogens with two attached hydrogens (primary N) is 1. The molecular formula is C59H85N11O15S. The number of methoxy groups -OCH3 is 1. The van der Waals surface area contributed by atoms with E-state index < -0.39 is 16.4 Å². The van der Waals surface area contributed by atoms with E-state index in [4.69, 9.17) is 41.6 Å². The van der Waals surface area contributed by atoms with Crippen LogP contribution in [0.5, 0.6) is 0 Å². The van der Waals surface area contributed by atoms with E-state index in [1.807, 2.05) is 24.3 Å². The van der Waals surface area contributed by atoms with Gasteiger partial charge in [-0.05, 0) is 23.6 Å². The Kier molecular flexibility index (Phi) is 26.2.